The van der Waals surface area contributed by atoms with Crippen LogP contribution >= 0.6 is 11.3 Å². The molecule has 14 heavy (non-hydrogen) atoms. The van der Waals surface area contributed by atoms with E-state index in [-0.39, 0.29) is 4.90 Å². The average molecular weight is 226 g/mol. The van der Waals surface area contributed by atoms with Crippen molar-refractivity contribution in [1.82, 2.24) is 9.97 Å². The fraction of sp³-hybridized carbons (Fsp3) is 0. The van der Waals surface area contributed by atoms with E-state index in [0.29, 0.717) is 4.21 Å². The maximum absolute atomic E-state index is 11.8. The summed E-state index contributed by atoms with van der Waals surface area (Å²) in [4.78, 5) is 7.48. The summed E-state index contributed by atoms with van der Waals surface area (Å²) < 4.78 is 24.0. The van der Waals surface area contributed by atoms with E-state index in [2.05, 4.69) is 9.97 Å². The van der Waals surface area contributed by atoms with Gasteiger partial charge in [0.15, 0.2) is 0 Å². The molecule has 6 heteroatoms. The zero-order valence-electron chi connectivity index (χ0n) is 6.99. The van der Waals surface area contributed by atoms with Gasteiger partial charge in [-0.1, -0.05) is 6.07 Å². The summed E-state index contributed by atoms with van der Waals surface area (Å²) in [6.07, 6.45) is 3.89. The van der Waals surface area contributed by atoms with E-state index in [4.69, 9.17) is 0 Å². The molecule has 2 heterocycles. The minimum absolute atomic E-state index is 0.127. The summed E-state index contributed by atoms with van der Waals surface area (Å²) in [7, 11) is -3.40. The molecule has 0 amide bonds. The Balaban J connectivity index is 2.55. The Morgan fingerprint density at radius 2 is 1.93 bits per heavy atom. The second-order valence-corrected chi connectivity index (χ2v) is 5.63. The van der Waals surface area contributed by atoms with E-state index >= 15 is 0 Å². The minimum Gasteiger partial charge on any atom is -0.243 e. The lowest BCUT2D eigenvalue weighted by molar-refractivity contribution is 0.597. The smallest absolute Gasteiger partial charge is 0.219 e. The van der Waals surface area contributed by atoms with Crippen LogP contribution in [0, 0.1) is 0 Å². The molecule has 2 aromatic rings. The molecule has 0 bridgehead atoms. The monoisotopic (exact) mass is 226 g/mol. The fourth-order valence-electron chi connectivity index (χ4n) is 0.957. The molecule has 0 aliphatic carbocycles. The Morgan fingerprint density at radius 3 is 2.50 bits per heavy atom. The molecule has 0 saturated heterocycles. The van der Waals surface area contributed by atoms with Crippen LogP contribution in [0.3, 0.4) is 0 Å². The van der Waals surface area contributed by atoms with Crippen molar-refractivity contribution in [2.24, 2.45) is 0 Å². The van der Waals surface area contributed by atoms with Gasteiger partial charge in [0.2, 0.25) is 9.84 Å². The second-order valence-electron chi connectivity index (χ2n) is 2.51. The van der Waals surface area contributed by atoms with Crippen molar-refractivity contribution < 1.29 is 8.42 Å². The van der Waals surface area contributed by atoms with Gasteiger partial charge in [-0.25, -0.2) is 18.4 Å². The number of rotatable bonds is 2. The van der Waals surface area contributed by atoms with Gasteiger partial charge in [-0.3, -0.25) is 0 Å². The van der Waals surface area contributed by atoms with Crippen LogP contribution in [0.15, 0.2) is 45.3 Å². The van der Waals surface area contributed by atoms with Gasteiger partial charge < -0.3 is 0 Å². The predicted molar refractivity (Wildman–Crippen MR) is 51.8 cm³/mol. The third-order valence-corrected chi connectivity index (χ3v) is 4.71. The lowest BCUT2D eigenvalue weighted by Crippen LogP contribution is -2.00. The molecule has 2 rings (SSSR count). The molecule has 2 aromatic heterocycles. The highest BCUT2D eigenvalue weighted by molar-refractivity contribution is 7.93. The van der Waals surface area contributed by atoms with Crippen molar-refractivity contribution in [2.75, 3.05) is 0 Å². The lowest BCUT2D eigenvalue weighted by Gasteiger charge is -1.98. The van der Waals surface area contributed by atoms with E-state index in [1.807, 2.05) is 0 Å². The van der Waals surface area contributed by atoms with Gasteiger partial charge in [-0.05, 0) is 11.4 Å². The first-order valence-corrected chi connectivity index (χ1v) is 6.11. The van der Waals surface area contributed by atoms with Crippen LogP contribution in [0.4, 0.5) is 0 Å². The molecule has 0 aliphatic rings. The molecule has 0 fully saturated rings. The molecule has 0 radical (unpaired) electrons. The third kappa shape index (κ3) is 1.53. The molecule has 0 saturated carbocycles. The molecule has 72 valence electrons. The van der Waals surface area contributed by atoms with Crippen LogP contribution in [-0.4, -0.2) is 18.4 Å². The molecule has 0 atom stereocenters. The van der Waals surface area contributed by atoms with Crippen LogP contribution in [0.2, 0.25) is 0 Å². The Morgan fingerprint density at radius 1 is 1.21 bits per heavy atom. The largest absolute Gasteiger partial charge is 0.243 e. The van der Waals surface area contributed by atoms with Crippen molar-refractivity contribution >= 4 is 21.2 Å². The third-order valence-electron chi connectivity index (χ3n) is 1.61. The molecular formula is C8H6N2O2S2. The number of aromatic nitrogens is 2. The van der Waals surface area contributed by atoms with Crippen molar-refractivity contribution in [3.05, 3.63) is 36.2 Å². The topological polar surface area (TPSA) is 59.9 Å². The average Bonchev–Trinajstić information content (AvgIpc) is 2.72. The van der Waals surface area contributed by atoms with E-state index in [1.54, 1.807) is 17.5 Å². The molecule has 0 aromatic carbocycles. The molecule has 0 unspecified atom stereocenters. The number of sulfone groups is 1. The van der Waals surface area contributed by atoms with Gasteiger partial charge in [0.05, 0.1) is 0 Å². The number of hydrogen-bond acceptors (Lipinski definition) is 5. The maximum atomic E-state index is 11.8. The molecule has 4 nitrogen and oxygen atoms in total. The van der Waals surface area contributed by atoms with Gasteiger partial charge in [0, 0.05) is 12.4 Å². The molecule has 0 N–H and O–H groups in total. The van der Waals surface area contributed by atoms with Gasteiger partial charge in [0.25, 0.3) is 0 Å². The summed E-state index contributed by atoms with van der Waals surface area (Å²) >= 11 is 1.18. The van der Waals surface area contributed by atoms with Crippen molar-refractivity contribution in [2.45, 2.75) is 9.10 Å². The molecule has 0 aliphatic heterocycles. The van der Waals surface area contributed by atoms with Crippen molar-refractivity contribution in [3.8, 4) is 0 Å². The van der Waals surface area contributed by atoms with E-state index in [9.17, 15) is 8.42 Å². The quantitative estimate of drug-likeness (QED) is 0.776. The van der Waals surface area contributed by atoms with Crippen LogP contribution in [-0.2, 0) is 9.84 Å². The summed E-state index contributed by atoms with van der Waals surface area (Å²) in [6.45, 7) is 0. The first-order valence-electron chi connectivity index (χ1n) is 3.75. The Kier molecular flexibility index (Phi) is 2.30. The standard InChI is InChI=1S/C8H6N2O2S2/c11-14(12,8-2-1-3-13-8)7-4-9-6-10-5-7/h1-6H. The summed E-state index contributed by atoms with van der Waals surface area (Å²) in [6, 6.07) is 3.26. The lowest BCUT2D eigenvalue weighted by atomic mass is 10.7. The number of thiophene rings is 1. The highest BCUT2D eigenvalue weighted by Crippen LogP contribution is 2.23. The van der Waals surface area contributed by atoms with Gasteiger partial charge in [-0.15, -0.1) is 11.3 Å². The fourth-order valence-corrected chi connectivity index (χ4v) is 3.26. The van der Waals surface area contributed by atoms with Crippen LogP contribution in [0.5, 0.6) is 0 Å². The van der Waals surface area contributed by atoms with E-state index < -0.39 is 9.84 Å². The van der Waals surface area contributed by atoms with E-state index in [1.165, 1.54) is 30.1 Å². The summed E-state index contributed by atoms with van der Waals surface area (Å²) in [5, 5.41) is 1.72. The van der Waals surface area contributed by atoms with E-state index in [0.717, 1.165) is 0 Å². The van der Waals surface area contributed by atoms with Crippen LogP contribution < -0.4 is 0 Å². The SMILES string of the molecule is O=S(=O)(c1cncnc1)c1cccs1. The van der Waals surface area contributed by atoms with Crippen molar-refractivity contribution in [1.29, 1.82) is 0 Å². The Bertz CT molecular complexity index is 506. The molecule has 0 spiro atoms. The van der Waals surface area contributed by atoms with Crippen LogP contribution in [0.1, 0.15) is 0 Å². The molecular weight excluding hydrogens is 220 g/mol. The van der Waals surface area contributed by atoms with Crippen molar-refractivity contribution in [3.63, 3.8) is 0 Å². The maximum Gasteiger partial charge on any atom is 0.219 e. The van der Waals surface area contributed by atoms with Crippen LogP contribution in [0.25, 0.3) is 0 Å². The summed E-state index contributed by atoms with van der Waals surface area (Å²) in [5.41, 5.74) is 0. The first-order chi connectivity index (χ1) is 6.71. The highest BCUT2D eigenvalue weighted by atomic mass is 32.2. The number of nitrogens with zero attached hydrogens (tertiary/aromatic N) is 2. The van der Waals surface area contributed by atoms with Gasteiger partial charge in [-0.2, -0.15) is 0 Å². The zero-order valence-corrected chi connectivity index (χ0v) is 8.62. The highest BCUT2D eigenvalue weighted by Gasteiger charge is 2.18. The van der Waals surface area contributed by atoms with Gasteiger partial charge >= 0.3 is 0 Å². The first kappa shape index (κ1) is 9.29. The van der Waals surface area contributed by atoms with Gasteiger partial charge in [0.1, 0.15) is 15.4 Å². The second kappa shape index (κ2) is 3.47. The summed E-state index contributed by atoms with van der Waals surface area (Å²) in [5.74, 6) is 0. The zero-order chi connectivity index (χ0) is 10.0. The minimum atomic E-state index is -3.40. The Labute approximate surface area is 85.2 Å². The Hall–Kier alpha value is -1.27. The normalized spacial score (nSPS) is 11.4. The predicted octanol–water partition coefficient (Wildman–Crippen LogP) is 1.37. The number of hydrogen-bond donors (Lipinski definition) is 0.